The lowest BCUT2D eigenvalue weighted by Crippen LogP contribution is -2.35. The maximum atomic E-state index is 11.1. The number of carbonyl (C=O) groups is 1. The van der Waals surface area contributed by atoms with Crippen molar-refractivity contribution in [3.63, 3.8) is 0 Å². The number of likely N-dealkylation sites (N-methyl/N-ethyl adjacent to an activating group) is 1. The molecule has 88 valence electrons. The van der Waals surface area contributed by atoms with Gasteiger partial charge in [0.25, 0.3) is 5.91 Å². The highest BCUT2D eigenvalue weighted by molar-refractivity contribution is 5.95. The number of aliphatic hydroxyl groups excluding tert-OH is 1. The fraction of sp³-hybridized carbons (Fsp3) is 0.364. The van der Waals surface area contributed by atoms with Gasteiger partial charge in [-0.2, -0.15) is 0 Å². The average Bonchev–Trinajstić information content (AvgIpc) is 2.30. The van der Waals surface area contributed by atoms with Gasteiger partial charge in [-0.3, -0.25) is 4.79 Å². The van der Waals surface area contributed by atoms with E-state index in [4.69, 9.17) is 15.6 Å². The van der Waals surface area contributed by atoms with E-state index in [1.54, 1.807) is 31.3 Å². The molecule has 0 aliphatic heterocycles. The zero-order chi connectivity index (χ0) is 12.0. The number of primary amides is 1. The highest BCUT2D eigenvalue weighted by Gasteiger charge is 2.10. The average molecular weight is 224 g/mol. The standard InChI is InChI=1S/C11H16N2O3/c1-13-8(6-14)7-16-10-5-3-2-4-9(10)11(12)15/h2-5,8,13-14H,6-7H2,1H3,(H2,12,15). The van der Waals surface area contributed by atoms with Crippen LogP contribution < -0.4 is 15.8 Å². The fourth-order valence-electron chi connectivity index (χ4n) is 1.21. The van der Waals surface area contributed by atoms with E-state index in [1.807, 2.05) is 0 Å². The molecule has 5 heteroatoms. The maximum absolute atomic E-state index is 11.1. The molecule has 16 heavy (non-hydrogen) atoms. The van der Waals surface area contributed by atoms with Crippen LogP contribution in [-0.4, -0.2) is 37.3 Å². The van der Waals surface area contributed by atoms with E-state index in [2.05, 4.69) is 5.32 Å². The Bertz CT molecular complexity index is 351. The topological polar surface area (TPSA) is 84.6 Å². The SMILES string of the molecule is CNC(CO)COc1ccccc1C(N)=O. The molecule has 0 radical (unpaired) electrons. The molecule has 0 bridgehead atoms. The number of rotatable bonds is 6. The van der Waals surface area contributed by atoms with E-state index < -0.39 is 5.91 Å². The van der Waals surface area contributed by atoms with Gasteiger partial charge in [0.15, 0.2) is 0 Å². The van der Waals surface area contributed by atoms with Gasteiger partial charge >= 0.3 is 0 Å². The van der Waals surface area contributed by atoms with Crippen LogP contribution in [0.25, 0.3) is 0 Å². The number of hydrogen-bond donors (Lipinski definition) is 3. The van der Waals surface area contributed by atoms with Gasteiger partial charge in [0.05, 0.1) is 18.2 Å². The zero-order valence-electron chi connectivity index (χ0n) is 9.14. The van der Waals surface area contributed by atoms with Crippen LogP contribution in [0.15, 0.2) is 24.3 Å². The zero-order valence-corrected chi connectivity index (χ0v) is 9.14. The molecular formula is C11H16N2O3. The Kier molecular flexibility index (Phi) is 4.75. The number of aliphatic hydroxyl groups is 1. The second kappa shape index (κ2) is 6.09. The van der Waals surface area contributed by atoms with Crippen LogP contribution in [-0.2, 0) is 0 Å². The van der Waals surface area contributed by atoms with E-state index >= 15 is 0 Å². The molecule has 0 fully saturated rings. The first-order valence-electron chi connectivity index (χ1n) is 4.98. The van der Waals surface area contributed by atoms with Crippen LogP contribution in [0.2, 0.25) is 0 Å². The van der Waals surface area contributed by atoms with E-state index in [0.29, 0.717) is 11.3 Å². The summed E-state index contributed by atoms with van der Waals surface area (Å²) in [5.41, 5.74) is 5.54. The lowest BCUT2D eigenvalue weighted by Gasteiger charge is -2.15. The first kappa shape index (κ1) is 12.5. The predicted octanol–water partition coefficient (Wildman–Crippen LogP) is -0.255. The smallest absolute Gasteiger partial charge is 0.252 e. The van der Waals surface area contributed by atoms with Gasteiger partial charge < -0.3 is 20.9 Å². The van der Waals surface area contributed by atoms with Crippen molar-refractivity contribution in [2.75, 3.05) is 20.3 Å². The second-order valence-electron chi connectivity index (χ2n) is 3.34. The van der Waals surface area contributed by atoms with Crippen LogP contribution in [0.3, 0.4) is 0 Å². The van der Waals surface area contributed by atoms with Gasteiger partial charge in [0.2, 0.25) is 0 Å². The van der Waals surface area contributed by atoms with Gasteiger partial charge in [0.1, 0.15) is 12.4 Å². The molecule has 0 spiro atoms. The summed E-state index contributed by atoms with van der Waals surface area (Å²) in [4.78, 5) is 11.1. The summed E-state index contributed by atoms with van der Waals surface area (Å²) in [5.74, 6) is -0.0932. The Balaban J connectivity index is 2.69. The van der Waals surface area contributed by atoms with Crippen molar-refractivity contribution >= 4 is 5.91 Å². The number of benzene rings is 1. The lowest BCUT2D eigenvalue weighted by molar-refractivity contribution is 0.0995. The monoisotopic (exact) mass is 224 g/mol. The largest absolute Gasteiger partial charge is 0.491 e. The highest BCUT2D eigenvalue weighted by Crippen LogP contribution is 2.17. The Hall–Kier alpha value is -1.59. The van der Waals surface area contributed by atoms with Crippen LogP contribution >= 0.6 is 0 Å². The van der Waals surface area contributed by atoms with Crippen molar-refractivity contribution < 1.29 is 14.6 Å². The number of nitrogens with one attached hydrogen (secondary N) is 1. The maximum Gasteiger partial charge on any atom is 0.252 e. The third-order valence-electron chi connectivity index (χ3n) is 2.22. The van der Waals surface area contributed by atoms with Crippen LogP contribution in [0.1, 0.15) is 10.4 Å². The molecule has 0 saturated heterocycles. The summed E-state index contributed by atoms with van der Waals surface area (Å²) >= 11 is 0. The van der Waals surface area contributed by atoms with Crippen molar-refractivity contribution in [3.05, 3.63) is 29.8 Å². The molecule has 0 heterocycles. The molecule has 1 aromatic rings. The Morgan fingerprint density at radius 3 is 2.81 bits per heavy atom. The summed E-state index contributed by atoms with van der Waals surface area (Å²) in [6, 6.07) is 6.58. The number of amides is 1. The minimum Gasteiger partial charge on any atom is -0.491 e. The van der Waals surface area contributed by atoms with Crippen LogP contribution in [0.4, 0.5) is 0 Å². The third kappa shape index (κ3) is 3.22. The molecule has 1 unspecified atom stereocenters. The number of nitrogens with two attached hydrogens (primary N) is 1. The van der Waals surface area contributed by atoms with Crippen LogP contribution in [0, 0.1) is 0 Å². The number of para-hydroxylation sites is 1. The second-order valence-corrected chi connectivity index (χ2v) is 3.34. The Labute approximate surface area is 94.2 Å². The van der Waals surface area contributed by atoms with Gasteiger partial charge in [0, 0.05) is 0 Å². The minimum absolute atomic E-state index is 0.0325. The summed E-state index contributed by atoms with van der Waals surface area (Å²) in [5, 5.41) is 11.8. The quantitative estimate of drug-likeness (QED) is 0.622. The number of ether oxygens (including phenoxy) is 1. The van der Waals surface area contributed by atoms with Gasteiger partial charge in [-0.05, 0) is 19.2 Å². The Morgan fingerprint density at radius 1 is 1.56 bits per heavy atom. The van der Waals surface area contributed by atoms with Crippen molar-refractivity contribution in [3.8, 4) is 5.75 Å². The Morgan fingerprint density at radius 2 is 2.25 bits per heavy atom. The number of carbonyl (C=O) groups excluding carboxylic acids is 1. The summed E-state index contributed by atoms with van der Waals surface area (Å²) in [7, 11) is 1.73. The molecule has 0 aliphatic rings. The minimum atomic E-state index is -0.527. The summed E-state index contributed by atoms with van der Waals surface area (Å²) in [6.45, 7) is 0.243. The summed E-state index contributed by atoms with van der Waals surface area (Å²) < 4.78 is 5.42. The van der Waals surface area contributed by atoms with E-state index in [1.165, 1.54) is 0 Å². The molecule has 1 aromatic carbocycles. The predicted molar refractivity (Wildman–Crippen MR) is 60.4 cm³/mol. The molecule has 4 N–H and O–H groups in total. The van der Waals surface area contributed by atoms with Crippen molar-refractivity contribution in [2.24, 2.45) is 5.73 Å². The van der Waals surface area contributed by atoms with E-state index in [-0.39, 0.29) is 19.3 Å². The first-order chi connectivity index (χ1) is 7.69. The molecular weight excluding hydrogens is 208 g/mol. The lowest BCUT2D eigenvalue weighted by atomic mass is 10.2. The van der Waals surface area contributed by atoms with Crippen molar-refractivity contribution in [2.45, 2.75) is 6.04 Å². The van der Waals surface area contributed by atoms with Crippen molar-refractivity contribution in [1.82, 2.24) is 5.32 Å². The molecule has 5 nitrogen and oxygen atoms in total. The molecule has 1 atom stereocenters. The normalized spacial score (nSPS) is 12.1. The van der Waals surface area contributed by atoms with Gasteiger partial charge in [-0.1, -0.05) is 12.1 Å². The molecule has 0 aromatic heterocycles. The molecule has 0 saturated carbocycles. The third-order valence-corrected chi connectivity index (χ3v) is 2.22. The van der Waals surface area contributed by atoms with Gasteiger partial charge in [-0.15, -0.1) is 0 Å². The first-order valence-corrected chi connectivity index (χ1v) is 4.98. The molecule has 1 rings (SSSR count). The van der Waals surface area contributed by atoms with Crippen molar-refractivity contribution in [1.29, 1.82) is 0 Å². The van der Waals surface area contributed by atoms with E-state index in [0.717, 1.165) is 0 Å². The van der Waals surface area contributed by atoms with Gasteiger partial charge in [-0.25, -0.2) is 0 Å². The summed E-state index contributed by atoms with van der Waals surface area (Å²) in [6.07, 6.45) is 0. The fourth-order valence-corrected chi connectivity index (χ4v) is 1.21. The van der Waals surface area contributed by atoms with Crippen LogP contribution in [0.5, 0.6) is 5.75 Å². The van der Waals surface area contributed by atoms with E-state index in [9.17, 15) is 4.79 Å². The molecule has 0 aliphatic carbocycles. The molecule has 1 amide bonds. The number of hydrogen-bond acceptors (Lipinski definition) is 4. The highest BCUT2D eigenvalue weighted by atomic mass is 16.5.